The molecule has 296 valence electrons. The SMILES string of the molecule is COC(=O)c1ccc(-c2cc(C)cc(C(F)(F)F)c2)c(Br)c1.COC(=O)c1ccc(-c2cc(C)cc(C(F)(F)F)c2)c(N)c1.COC(=O)c1ccc(I)c(N)c1. The Bertz CT molecular complexity index is 2120. The largest absolute Gasteiger partial charge is 0.465 e. The number of rotatable bonds is 5. The number of alkyl halides is 6. The molecule has 5 aromatic carbocycles. The van der Waals surface area contributed by atoms with Crippen LogP contribution in [0.4, 0.5) is 37.7 Å². The van der Waals surface area contributed by atoms with Crippen LogP contribution < -0.4 is 11.5 Å². The van der Waals surface area contributed by atoms with Crippen molar-refractivity contribution in [2.24, 2.45) is 0 Å². The summed E-state index contributed by atoms with van der Waals surface area (Å²) in [6, 6.07) is 21.6. The van der Waals surface area contributed by atoms with Gasteiger partial charge in [-0.1, -0.05) is 40.2 Å². The minimum absolute atomic E-state index is 0.210. The van der Waals surface area contributed by atoms with Gasteiger partial charge in [0.25, 0.3) is 0 Å². The summed E-state index contributed by atoms with van der Waals surface area (Å²) in [4.78, 5) is 33.9. The first-order valence-electron chi connectivity index (χ1n) is 16.0. The van der Waals surface area contributed by atoms with Gasteiger partial charge in [0.05, 0.1) is 49.1 Å². The second-order valence-electron chi connectivity index (χ2n) is 11.9. The minimum Gasteiger partial charge on any atom is -0.465 e. The Kier molecular flexibility index (Phi) is 15.5. The second-order valence-corrected chi connectivity index (χ2v) is 13.9. The van der Waals surface area contributed by atoms with Crippen LogP contribution in [0, 0.1) is 17.4 Å². The third-order valence-corrected chi connectivity index (χ3v) is 9.35. The van der Waals surface area contributed by atoms with Crippen molar-refractivity contribution >= 4 is 67.8 Å². The normalized spacial score (nSPS) is 10.9. The highest BCUT2D eigenvalue weighted by Gasteiger charge is 2.32. The van der Waals surface area contributed by atoms with Crippen molar-refractivity contribution in [3.8, 4) is 22.3 Å². The topological polar surface area (TPSA) is 131 Å². The summed E-state index contributed by atoms with van der Waals surface area (Å²) in [5, 5.41) is 0. The maximum atomic E-state index is 12.9. The van der Waals surface area contributed by atoms with Gasteiger partial charge in [-0.3, -0.25) is 0 Å². The highest BCUT2D eigenvalue weighted by atomic mass is 127. The van der Waals surface area contributed by atoms with Crippen LogP contribution in [0.2, 0.25) is 0 Å². The number of anilines is 2. The highest BCUT2D eigenvalue weighted by Crippen LogP contribution is 2.37. The molecule has 0 aliphatic heterocycles. The Morgan fingerprint density at radius 2 is 0.929 bits per heavy atom. The van der Waals surface area contributed by atoms with E-state index in [0.29, 0.717) is 54.7 Å². The third-order valence-electron chi connectivity index (χ3n) is 7.71. The molecule has 0 fully saturated rings. The van der Waals surface area contributed by atoms with Crippen molar-refractivity contribution in [2.75, 3.05) is 32.8 Å². The predicted molar refractivity (Wildman–Crippen MR) is 213 cm³/mol. The first kappa shape index (κ1) is 45.3. The van der Waals surface area contributed by atoms with Crippen molar-refractivity contribution in [1.29, 1.82) is 0 Å². The van der Waals surface area contributed by atoms with E-state index in [9.17, 15) is 40.7 Å². The van der Waals surface area contributed by atoms with Gasteiger partial charge in [-0.2, -0.15) is 26.3 Å². The van der Waals surface area contributed by atoms with Gasteiger partial charge in [0.15, 0.2) is 0 Å². The summed E-state index contributed by atoms with van der Waals surface area (Å²) < 4.78 is 92.6. The monoisotopic (exact) mass is 958 g/mol. The lowest BCUT2D eigenvalue weighted by Gasteiger charge is -2.13. The van der Waals surface area contributed by atoms with E-state index in [0.717, 1.165) is 27.8 Å². The van der Waals surface area contributed by atoms with E-state index in [-0.39, 0.29) is 17.2 Å². The molecule has 0 bridgehead atoms. The fourth-order valence-corrected chi connectivity index (χ4v) is 6.00. The van der Waals surface area contributed by atoms with E-state index in [2.05, 4.69) is 52.7 Å². The molecule has 0 aliphatic carbocycles. The zero-order valence-electron chi connectivity index (χ0n) is 30.3. The number of nitrogens with two attached hydrogens (primary N) is 2. The molecule has 56 heavy (non-hydrogen) atoms. The molecule has 0 aliphatic rings. The molecule has 0 amide bonds. The van der Waals surface area contributed by atoms with Gasteiger partial charge < -0.3 is 25.7 Å². The highest BCUT2D eigenvalue weighted by molar-refractivity contribution is 14.1. The summed E-state index contributed by atoms with van der Waals surface area (Å²) in [7, 11) is 3.85. The molecule has 16 heteroatoms. The summed E-state index contributed by atoms with van der Waals surface area (Å²) in [6.45, 7) is 3.19. The zero-order chi connectivity index (χ0) is 42.1. The molecule has 0 saturated heterocycles. The van der Waals surface area contributed by atoms with E-state index in [1.54, 1.807) is 50.2 Å². The van der Waals surface area contributed by atoms with Crippen LogP contribution in [0.3, 0.4) is 0 Å². The number of hydrogen-bond acceptors (Lipinski definition) is 8. The fraction of sp³-hybridized carbons (Fsp3) is 0.175. The minimum atomic E-state index is -4.43. The standard InChI is InChI=1S/C16H12BrF3O2.C16H14F3NO2.C8H8INO2/c1-9-5-11(7-12(6-9)16(18,19)20)13-4-3-10(8-14(13)17)15(21)22-2;1-9-5-11(7-12(6-9)16(17,18)19)13-4-3-10(8-14(13)20)15(21)22-2;1-12-8(11)5-2-3-6(9)7(10)4-5/h3-8H,1-2H3;3-8H,20H2,1-2H3;2-4H,10H2,1H3. The molecule has 0 aromatic heterocycles. The van der Waals surface area contributed by atoms with E-state index in [1.165, 1.54) is 51.7 Å². The Labute approximate surface area is 340 Å². The van der Waals surface area contributed by atoms with Gasteiger partial charge >= 0.3 is 30.3 Å². The molecule has 0 unspecified atom stereocenters. The molecule has 0 saturated carbocycles. The van der Waals surface area contributed by atoms with Crippen LogP contribution in [-0.4, -0.2) is 39.2 Å². The molecular weight excluding hydrogens is 925 g/mol. The van der Waals surface area contributed by atoms with Gasteiger partial charge in [-0.15, -0.1) is 0 Å². The average molecular weight is 960 g/mol. The van der Waals surface area contributed by atoms with Crippen LogP contribution in [0.15, 0.2) is 95.5 Å². The summed E-state index contributed by atoms with van der Waals surface area (Å²) in [5.41, 5.74) is 14.6. The molecule has 5 rings (SSSR count). The second kappa shape index (κ2) is 19.2. The lowest BCUT2D eigenvalue weighted by molar-refractivity contribution is -0.138. The first-order valence-corrected chi connectivity index (χ1v) is 17.8. The van der Waals surface area contributed by atoms with Crippen LogP contribution >= 0.6 is 38.5 Å². The Balaban J connectivity index is 0.000000236. The van der Waals surface area contributed by atoms with Crippen LogP contribution in [0.5, 0.6) is 0 Å². The molecule has 4 N–H and O–H groups in total. The zero-order valence-corrected chi connectivity index (χ0v) is 34.0. The van der Waals surface area contributed by atoms with E-state index in [4.69, 9.17) is 11.5 Å². The van der Waals surface area contributed by atoms with Gasteiger partial charge in [0.2, 0.25) is 0 Å². The number of esters is 3. The quantitative estimate of drug-likeness (QED) is 0.0585. The summed E-state index contributed by atoms with van der Waals surface area (Å²) >= 11 is 5.39. The van der Waals surface area contributed by atoms with Crippen molar-refractivity contribution in [3.05, 3.63) is 138 Å². The van der Waals surface area contributed by atoms with E-state index < -0.39 is 35.4 Å². The molecule has 0 heterocycles. The van der Waals surface area contributed by atoms with E-state index >= 15 is 0 Å². The number of nitrogen functional groups attached to an aromatic ring is 2. The van der Waals surface area contributed by atoms with Gasteiger partial charge in [0, 0.05) is 25.0 Å². The van der Waals surface area contributed by atoms with Crippen molar-refractivity contribution in [1.82, 2.24) is 0 Å². The van der Waals surface area contributed by atoms with Crippen molar-refractivity contribution in [3.63, 3.8) is 0 Å². The number of ether oxygens (including phenoxy) is 3. The van der Waals surface area contributed by atoms with Crippen LogP contribution in [0.1, 0.15) is 53.3 Å². The van der Waals surface area contributed by atoms with Gasteiger partial charge in [-0.25, -0.2) is 14.4 Å². The number of carbonyl (C=O) groups is 3. The number of hydrogen-bond donors (Lipinski definition) is 2. The van der Waals surface area contributed by atoms with Gasteiger partial charge in [0.1, 0.15) is 0 Å². The molecular formula is C40H34BrF6IN2O6. The number of methoxy groups -OCH3 is 3. The summed E-state index contributed by atoms with van der Waals surface area (Å²) in [6.07, 6.45) is -8.83. The molecule has 0 radical (unpaired) electrons. The van der Waals surface area contributed by atoms with Gasteiger partial charge in [-0.05, 0) is 131 Å². The van der Waals surface area contributed by atoms with Crippen molar-refractivity contribution in [2.45, 2.75) is 26.2 Å². The number of carbonyl (C=O) groups excluding carboxylic acids is 3. The molecule has 8 nitrogen and oxygen atoms in total. The number of benzene rings is 5. The number of halogens is 8. The Morgan fingerprint density at radius 3 is 1.30 bits per heavy atom. The van der Waals surface area contributed by atoms with E-state index in [1.807, 2.05) is 0 Å². The first-order chi connectivity index (χ1) is 26.1. The summed E-state index contributed by atoms with van der Waals surface area (Å²) in [5.74, 6) is -1.43. The maximum absolute atomic E-state index is 12.9. The lowest BCUT2D eigenvalue weighted by atomic mass is 9.97. The molecule has 0 atom stereocenters. The fourth-order valence-electron chi connectivity index (χ4n) is 5.06. The molecule has 5 aromatic rings. The predicted octanol–water partition coefficient (Wildman–Crippen LogP) is 10.9. The van der Waals surface area contributed by atoms with Crippen molar-refractivity contribution < 1.29 is 54.9 Å². The van der Waals surface area contributed by atoms with Crippen LogP contribution in [-0.2, 0) is 26.6 Å². The maximum Gasteiger partial charge on any atom is 0.416 e. The Morgan fingerprint density at radius 1 is 0.554 bits per heavy atom. The van der Waals surface area contributed by atoms with Crippen LogP contribution in [0.25, 0.3) is 22.3 Å². The lowest BCUT2D eigenvalue weighted by Crippen LogP contribution is -2.06. The Hall–Kier alpha value is -5.10. The number of aryl methyl sites for hydroxylation is 2. The average Bonchev–Trinajstić information content (AvgIpc) is 3.14. The smallest absolute Gasteiger partial charge is 0.416 e. The molecule has 0 spiro atoms. The third kappa shape index (κ3) is 12.2.